The van der Waals surface area contributed by atoms with Crippen molar-refractivity contribution in [2.75, 3.05) is 11.9 Å². The summed E-state index contributed by atoms with van der Waals surface area (Å²) in [7, 11) is 0. The van der Waals surface area contributed by atoms with Crippen LogP contribution in [-0.2, 0) is 0 Å². The number of aromatic amines is 1. The minimum atomic E-state index is -0.154. The van der Waals surface area contributed by atoms with E-state index in [9.17, 15) is 4.79 Å². The van der Waals surface area contributed by atoms with Crippen molar-refractivity contribution in [1.29, 1.82) is 0 Å². The van der Waals surface area contributed by atoms with Gasteiger partial charge in [-0.3, -0.25) is 4.79 Å². The number of ether oxygens (including phenoxy) is 1. The van der Waals surface area contributed by atoms with Crippen LogP contribution in [-0.4, -0.2) is 17.5 Å². The lowest BCUT2D eigenvalue weighted by molar-refractivity contribution is 0.102. The highest BCUT2D eigenvalue weighted by molar-refractivity contribution is 6.02. The Labute approximate surface area is 99.6 Å². The molecule has 4 nitrogen and oxygen atoms in total. The smallest absolute Gasteiger partial charge is 0.272 e. The Kier molecular flexibility index (Phi) is 3.45. The van der Waals surface area contributed by atoms with Crippen molar-refractivity contribution in [1.82, 2.24) is 4.98 Å². The Balaban J connectivity index is 2.01. The normalized spacial score (nSPS) is 9.94. The molecule has 0 saturated carbocycles. The van der Waals surface area contributed by atoms with Gasteiger partial charge in [-0.1, -0.05) is 0 Å². The van der Waals surface area contributed by atoms with Crippen molar-refractivity contribution in [2.45, 2.75) is 6.92 Å². The molecule has 1 amide bonds. The Bertz CT molecular complexity index is 475. The van der Waals surface area contributed by atoms with Gasteiger partial charge in [0.05, 0.1) is 6.61 Å². The molecule has 0 fully saturated rings. The number of nitrogens with one attached hydrogen (secondary N) is 2. The molecule has 0 spiro atoms. The van der Waals surface area contributed by atoms with E-state index < -0.39 is 0 Å². The van der Waals surface area contributed by atoms with Crippen LogP contribution >= 0.6 is 0 Å². The van der Waals surface area contributed by atoms with Crippen molar-refractivity contribution in [3.05, 3.63) is 48.3 Å². The van der Waals surface area contributed by atoms with E-state index in [1.165, 1.54) is 0 Å². The predicted molar refractivity (Wildman–Crippen MR) is 66.4 cm³/mol. The third kappa shape index (κ3) is 2.87. The molecule has 2 rings (SSSR count). The summed E-state index contributed by atoms with van der Waals surface area (Å²) in [5, 5.41) is 2.79. The third-order valence-corrected chi connectivity index (χ3v) is 2.27. The van der Waals surface area contributed by atoms with Crippen LogP contribution in [0.5, 0.6) is 5.75 Å². The maximum atomic E-state index is 11.7. The fraction of sp³-hybridized carbons (Fsp3) is 0.154. The number of hydrogen-bond acceptors (Lipinski definition) is 2. The molecule has 0 aliphatic rings. The van der Waals surface area contributed by atoms with Gasteiger partial charge in [0.1, 0.15) is 11.4 Å². The molecule has 0 saturated heterocycles. The summed E-state index contributed by atoms with van der Waals surface area (Å²) >= 11 is 0. The average Bonchev–Trinajstić information content (AvgIpc) is 2.86. The molecule has 4 heteroatoms. The lowest BCUT2D eigenvalue weighted by Crippen LogP contribution is -2.11. The molecule has 0 bridgehead atoms. The number of hydrogen-bond donors (Lipinski definition) is 2. The number of carbonyl (C=O) groups excluding carboxylic acids is 1. The molecule has 0 aliphatic heterocycles. The Morgan fingerprint density at radius 1 is 1.29 bits per heavy atom. The monoisotopic (exact) mass is 230 g/mol. The molecule has 2 N–H and O–H groups in total. The van der Waals surface area contributed by atoms with Crippen molar-refractivity contribution in [2.24, 2.45) is 0 Å². The minimum absolute atomic E-state index is 0.154. The fourth-order valence-corrected chi connectivity index (χ4v) is 1.47. The molecule has 0 unspecified atom stereocenters. The van der Waals surface area contributed by atoms with Crippen LogP contribution in [0.2, 0.25) is 0 Å². The molecular formula is C13H14N2O2. The Morgan fingerprint density at radius 2 is 2.06 bits per heavy atom. The molecule has 1 aromatic heterocycles. The highest BCUT2D eigenvalue weighted by Crippen LogP contribution is 2.16. The van der Waals surface area contributed by atoms with Crippen LogP contribution in [0.25, 0.3) is 0 Å². The highest BCUT2D eigenvalue weighted by atomic mass is 16.5. The van der Waals surface area contributed by atoms with Gasteiger partial charge in [-0.2, -0.15) is 0 Å². The van der Waals surface area contributed by atoms with Gasteiger partial charge in [0.25, 0.3) is 5.91 Å². The van der Waals surface area contributed by atoms with Crippen molar-refractivity contribution < 1.29 is 9.53 Å². The lowest BCUT2D eigenvalue weighted by Gasteiger charge is -2.06. The number of carbonyl (C=O) groups is 1. The molecule has 2 aromatic rings. The molecule has 0 atom stereocenters. The maximum Gasteiger partial charge on any atom is 0.272 e. The van der Waals surface area contributed by atoms with Crippen molar-refractivity contribution in [3.8, 4) is 5.75 Å². The van der Waals surface area contributed by atoms with Gasteiger partial charge < -0.3 is 15.0 Å². The Morgan fingerprint density at radius 3 is 2.65 bits per heavy atom. The summed E-state index contributed by atoms with van der Waals surface area (Å²) in [6.07, 6.45) is 1.72. The van der Waals surface area contributed by atoms with E-state index >= 15 is 0 Å². The molecular weight excluding hydrogens is 216 g/mol. The van der Waals surface area contributed by atoms with E-state index in [0.29, 0.717) is 12.3 Å². The van der Waals surface area contributed by atoms with Crippen LogP contribution in [0, 0.1) is 0 Å². The second kappa shape index (κ2) is 5.21. The minimum Gasteiger partial charge on any atom is -0.494 e. The van der Waals surface area contributed by atoms with E-state index in [2.05, 4.69) is 10.3 Å². The quantitative estimate of drug-likeness (QED) is 0.848. The van der Waals surface area contributed by atoms with Crippen molar-refractivity contribution >= 4 is 11.6 Å². The summed E-state index contributed by atoms with van der Waals surface area (Å²) in [4.78, 5) is 14.6. The van der Waals surface area contributed by atoms with Crippen LogP contribution in [0.1, 0.15) is 17.4 Å². The molecule has 0 aliphatic carbocycles. The van der Waals surface area contributed by atoms with Gasteiger partial charge in [0.15, 0.2) is 0 Å². The first-order valence-electron chi connectivity index (χ1n) is 5.47. The topological polar surface area (TPSA) is 54.1 Å². The fourth-order valence-electron chi connectivity index (χ4n) is 1.47. The average molecular weight is 230 g/mol. The number of aromatic nitrogens is 1. The van der Waals surface area contributed by atoms with E-state index in [-0.39, 0.29) is 5.91 Å². The van der Waals surface area contributed by atoms with Gasteiger partial charge in [-0.15, -0.1) is 0 Å². The first kappa shape index (κ1) is 11.3. The highest BCUT2D eigenvalue weighted by Gasteiger charge is 2.05. The van der Waals surface area contributed by atoms with Gasteiger partial charge in [-0.05, 0) is 43.3 Å². The number of H-pyrrole nitrogens is 1. The van der Waals surface area contributed by atoms with Gasteiger partial charge in [-0.25, -0.2) is 0 Å². The first-order chi connectivity index (χ1) is 8.29. The third-order valence-electron chi connectivity index (χ3n) is 2.27. The van der Waals surface area contributed by atoms with Crippen LogP contribution in [0.15, 0.2) is 42.6 Å². The lowest BCUT2D eigenvalue weighted by atomic mass is 10.3. The Hall–Kier alpha value is -2.23. The summed E-state index contributed by atoms with van der Waals surface area (Å²) in [5.41, 5.74) is 1.28. The van der Waals surface area contributed by atoms with Crippen molar-refractivity contribution in [3.63, 3.8) is 0 Å². The number of rotatable bonds is 4. The standard InChI is InChI=1S/C13H14N2O2/c1-2-17-11-7-5-10(6-8-11)15-13(16)12-4-3-9-14-12/h3-9,14H,2H2,1H3,(H,15,16). The van der Waals surface area contributed by atoms with Gasteiger partial charge in [0, 0.05) is 11.9 Å². The van der Waals surface area contributed by atoms with E-state index in [1.54, 1.807) is 18.3 Å². The van der Waals surface area contributed by atoms with Gasteiger partial charge >= 0.3 is 0 Å². The second-order valence-corrected chi connectivity index (χ2v) is 3.50. The molecule has 1 heterocycles. The molecule has 88 valence electrons. The SMILES string of the molecule is CCOc1ccc(NC(=O)c2ccc[nH]2)cc1. The maximum absolute atomic E-state index is 11.7. The van der Waals surface area contributed by atoms with E-state index in [0.717, 1.165) is 11.4 Å². The number of benzene rings is 1. The summed E-state index contributed by atoms with van der Waals surface area (Å²) < 4.78 is 5.32. The van der Waals surface area contributed by atoms with Crippen LogP contribution in [0.4, 0.5) is 5.69 Å². The summed E-state index contributed by atoms with van der Waals surface area (Å²) in [6, 6.07) is 10.8. The molecule has 0 radical (unpaired) electrons. The second-order valence-electron chi connectivity index (χ2n) is 3.50. The zero-order valence-corrected chi connectivity index (χ0v) is 9.57. The van der Waals surface area contributed by atoms with E-state index in [4.69, 9.17) is 4.74 Å². The zero-order chi connectivity index (χ0) is 12.1. The summed E-state index contributed by atoms with van der Waals surface area (Å²) in [6.45, 7) is 2.56. The van der Waals surface area contributed by atoms with E-state index in [1.807, 2.05) is 31.2 Å². The largest absolute Gasteiger partial charge is 0.494 e. The first-order valence-corrected chi connectivity index (χ1v) is 5.47. The molecule has 1 aromatic carbocycles. The van der Waals surface area contributed by atoms with Crippen LogP contribution < -0.4 is 10.1 Å². The van der Waals surface area contributed by atoms with Crippen LogP contribution in [0.3, 0.4) is 0 Å². The zero-order valence-electron chi connectivity index (χ0n) is 9.57. The number of amides is 1. The predicted octanol–water partition coefficient (Wildman–Crippen LogP) is 2.67. The number of anilines is 1. The molecule has 17 heavy (non-hydrogen) atoms. The van der Waals surface area contributed by atoms with Gasteiger partial charge in [0.2, 0.25) is 0 Å². The summed E-state index contributed by atoms with van der Waals surface area (Å²) in [5.74, 6) is 0.643.